The molecule has 0 unspecified atom stereocenters. The van der Waals surface area contributed by atoms with Gasteiger partial charge < -0.3 is 5.32 Å². The van der Waals surface area contributed by atoms with Crippen LogP contribution in [0.5, 0.6) is 0 Å². The van der Waals surface area contributed by atoms with Gasteiger partial charge in [0.25, 0.3) is 0 Å². The van der Waals surface area contributed by atoms with Crippen molar-refractivity contribution in [1.29, 1.82) is 0 Å². The lowest BCUT2D eigenvalue weighted by molar-refractivity contribution is 0.875. The number of aromatic amines is 1. The lowest BCUT2D eigenvalue weighted by Gasteiger charge is -2.05. The summed E-state index contributed by atoms with van der Waals surface area (Å²) in [6, 6.07) is 11.5. The Morgan fingerprint density at radius 1 is 1.21 bits per heavy atom. The van der Waals surface area contributed by atoms with Gasteiger partial charge in [-0.25, -0.2) is 9.89 Å². The van der Waals surface area contributed by atoms with E-state index < -0.39 is 0 Å². The number of halogens is 1. The summed E-state index contributed by atoms with van der Waals surface area (Å²) in [5, 5.41) is 13.5. The Labute approximate surface area is 116 Å². The second kappa shape index (κ2) is 4.85. The van der Waals surface area contributed by atoms with Crippen LogP contribution in [0, 0.1) is 0 Å². The molecule has 3 aromatic rings. The molecule has 0 aliphatic heterocycles. The van der Waals surface area contributed by atoms with E-state index in [0.29, 0.717) is 18.0 Å². The molecule has 0 aliphatic rings. The average molecular weight is 320 g/mol. The van der Waals surface area contributed by atoms with Gasteiger partial charge in [0, 0.05) is 11.0 Å². The molecular formula is C12H10BrN5O. The zero-order valence-electron chi connectivity index (χ0n) is 9.80. The molecule has 96 valence electrons. The molecule has 2 aromatic heterocycles. The summed E-state index contributed by atoms with van der Waals surface area (Å²) in [5.41, 5.74) is 1.28. The third kappa shape index (κ3) is 2.50. The molecule has 0 amide bonds. The molecule has 0 spiro atoms. The first kappa shape index (κ1) is 11.9. The van der Waals surface area contributed by atoms with Gasteiger partial charge in [-0.3, -0.25) is 0 Å². The van der Waals surface area contributed by atoms with E-state index in [1.807, 2.05) is 24.3 Å². The highest BCUT2D eigenvalue weighted by molar-refractivity contribution is 9.10. The minimum Gasteiger partial charge on any atom is -0.365 e. The van der Waals surface area contributed by atoms with Crippen LogP contribution in [0.3, 0.4) is 0 Å². The van der Waals surface area contributed by atoms with Crippen LogP contribution in [0.2, 0.25) is 0 Å². The molecule has 7 heteroatoms. The number of anilines is 1. The first-order chi connectivity index (χ1) is 9.22. The SMILES string of the molecule is O=c1[nH]nc2ccc(NCc3ccc(Br)cc3)nn12. The van der Waals surface area contributed by atoms with Crippen LogP contribution >= 0.6 is 15.9 Å². The Bertz CT molecular complexity index is 762. The largest absolute Gasteiger partial charge is 0.365 e. The maximum absolute atomic E-state index is 11.4. The second-order valence-corrected chi connectivity index (χ2v) is 4.91. The standard InChI is InChI=1S/C12H10BrN5O/c13-9-3-1-8(2-4-9)7-14-10-5-6-11-15-16-12(19)18(11)17-10/h1-6H,7H2,(H,14,17)(H,16,19). The highest BCUT2D eigenvalue weighted by atomic mass is 79.9. The fourth-order valence-corrected chi connectivity index (χ4v) is 1.96. The molecule has 6 nitrogen and oxygen atoms in total. The molecule has 2 N–H and O–H groups in total. The Morgan fingerprint density at radius 2 is 2.00 bits per heavy atom. The minimum absolute atomic E-state index is 0.345. The lowest BCUT2D eigenvalue weighted by atomic mass is 10.2. The summed E-state index contributed by atoms with van der Waals surface area (Å²) in [7, 11) is 0. The van der Waals surface area contributed by atoms with Crippen molar-refractivity contribution in [2.45, 2.75) is 6.54 Å². The molecular weight excluding hydrogens is 310 g/mol. The van der Waals surface area contributed by atoms with Crippen LogP contribution in [-0.2, 0) is 6.54 Å². The van der Waals surface area contributed by atoms with Crippen LogP contribution in [-0.4, -0.2) is 19.8 Å². The Kier molecular flexibility index (Phi) is 3.04. The summed E-state index contributed by atoms with van der Waals surface area (Å²) in [5.74, 6) is 0.624. The molecule has 0 radical (unpaired) electrons. The maximum atomic E-state index is 11.4. The summed E-state index contributed by atoms with van der Waals surface area (Å²) in [6.45, 7) is 0.637. The summed E-state index contributed by atoms with van der Waals surface area (Å²) in [6.07, 6.45) is 0. The fraction of sp³-hybridized carbons (Fsp3) is 0.0833. The highest BCUT2D eigenvalue weighted by Crippen LogP contribution is 2.12. The number of hydrogen-bond acceptors (Lipinski definition) is 4. The van der Waals surface area contributed by atoms with Gasteiger partial charge in [0.2, 0.25) is 0 Å². The van der Waals surface area contributed by atoms with Gasteiger partial charge in [-0.1, -0.05) is 28.1 Å². The van der Waals surface area contributed by atoms with Gasteiger partial charge in [-0.2, -0.15) is 9.61 Å². The van der Waals surface area contributed by atoms with Crippen molar-refractivity contribution >= 4 is 27.4 Å². The number of nitrogens with one attached hydrogen (secondary N) is 2. The van der Waals surface area contributed by atoms with Crippen molar-refractivity contribution in [1.82, 2.24) is 19.8 Å². The number of hydrogen-bond donors (Lipinski definition) is 2. The van der Waals surface area contributed by atoms with Crippen LogP contribution in [0.15, 0.2) is 45.7 Å². The molecule has 0 atom stereocenters. The van der Waals surface area contributed by atoms with Gasteiger partial charge >= 0.3 is 5.69 Å². The summed E-state index contributed by atoms with van der Waals surface area (Å²) in [4.78, 5) is 11.4. The topological polar surface area (TPSA) is 75.1 Å². The van der Waals surface area contributed by atoms with Crippen molar-refractivity contribution in [3.8, 4) is 0 Å². The van der Waals surface area contributed by atoms with Gasteiger partial charge in [0.15, 0.2) is 5.65 Å². The van der Waals surface area contributed by atoms with E-state index in [9.17, 15) is 4.79 Å². The first-order valence-corrected chi connectivity index (χ1v) is 6.44. The summed E-state index contributed by atoms with van der Waals surface area (Å²) >= 11 is 3.39. The number of fused-ring (bicyclic) bond motifs is 1. The maximum Gasteiger partial charge on any atom is 0.364 e. The smallest absolute Gasteiger partial charge is 0.364 e. The quantitative estimate of drug-likeness (QED) is 0.771. The van der Waals surface area contributed by atoms with Gasteiger partial charge in [0.1, 0.15) is 5.82 Å². The molecule has 0 saturated heterocycles. The van der Waals surface area contributed by atoms with Crippen molar-refractivity contribution < 1.29 is 0 Å². The third-order valence-electron chi connectivity index (χ3n) is 2.66. The Morgan fingerprint density at radius 3 is 2.79 bits per heavy atom. The second-order valence-electron chi connectivity index (χ2n) is 4.00. The fourth-order valence-electron chi connectivity index (χ4n) is 1.69. The molecule has 19 heavy (non-hydrogen) atoms. The predicted octanol–water partition coefficient (Wildman–Crippen LogP) is 1.79. The van der Waals surface area contributed by atoms with Gasteiger partial charge in [-0.15, -0.1) is 5.10 Å². The van der Waals surface area contributed by atoms with E-state index in [1.54, 1.807) is 12.1 Å². The van der Waals surface area contributed by atoms with Crippen LogP contribution in [0.25, 0.3) is 5.65 Å². The van der Waals surface area contributed by atoms with E-state index in [2.05, 4.69) is 36.5 Å². The lowest BCUT2D eigenvalue weighted by Crippen LogP contribution is -2.13. The van der Waals surface area contributed by atoms with E-state index in [1.165, 1.54) is 4.52 Å². The predicted molar refractivity (Wildman–Crippen MR) is 75.1 cm³/mol. The normalized spacial score (nSPS) is 10.8. The molecule has 2 heterocycles. The number of aromatic nitrogens is 4. The van der Waals surface area contributed by atoms with E-state index >= 15 is 0 Å². The molecule has 0 aliphatic carbocycles. The molecule has 3 rings (SSSR count). The zero-order valence-corrected chi connectivity index (χ0v) is 11.4. The first-order valence-electron chi connectivity index (χ1n) is 5.65. The van der Waals surface area contributed by atoms with Gasteiger partial charge in [0.05, 0.1) is 0 Å². The number of nitrogens with zero attached hydrogens (tertiary/aromatic N) is 3. The van der Waals surface area contributed by atoms with Gasteiger partial charge in [-0.05, 0) is 29.8 Å². The van der Waals surface area contributed by atoms with E-state index in [-0.39, 0.29) is 5.69 Å². The average Bonchev–Trinajstić information content (AvgIpc) is 2.80. The van der Waals surface area contributed by atoms with E-state index in [0.717, 1.165) is 10.0 Å². The Balaban J connectivity index is 1.79. The van der Waals surface area contributed by atoms with Crippen LogP contribution < -0.4 is 11.0 Å². The monoisotopic (exact) mass is 319 g/mol. The number of rotatable bonds is 3. The molecule has 0 saturated carbocycles. The minimum atomic E-state index is -0.345. The molecule has 0 bridgehead atoms. The molecule has 0 fully saturated rings. The van der Waals surface area contributed by atoms with Crippen molar-refractivity contribution in [2.24, 2.45) is 0 Å². The molecule has 1 aromatic carbocycles. The number of benzene rings is 1. The zero-order chi connectivity index (χ0) is 13.2. The highest BCUT2D eigenvalue weighted by Gasteiger charge is 2.02. The summed E-state index contributed by atoms with van der Waals surface area (Å²) < 4.78 is 2.27. The Hall–Kier alpha value is -2.15. The van der Waals surface area contributed by atoms with Crippen molar-refractivity contribution in [3.63, 3.8) is 0 Å². The number of H-pyrrole nitrogens is 1. The van der Waals surface area contributed by atoms with Crippen LogP contribution in [0.1, 0.15) is 5.56 Å². The van der Waals surface area contributed by atoms with Crippen LogP contribution in [0.4, 0.5) is 5.82 Å². The van der Waals surface area contributed by atoms with Crippen molar-refractivity contribution in [2.75, 3.05) is 5.32 Å². The third-order valence-corrected chi connectivity index (χ3v) is 3.19. The van der Waals surface area contributed by atoms with E-state index in [4.69, 9.17) is 0 Å². The van der Waals surface area contributed by atoms with Crippen molar-refractivity contribution in [3.05, 3.63) is 56.9 Å².